The quantitative estimate of drug-likeness (QED) is 0.795. The van der Waals surface area contributed by atoms with E-state index in [9.17, 15) is 9.59 Å². The summed E-state index contributed by atoms with van der Waals surface area (Å²) in [6, 6.07) is 11.7. The highest BCUT2D eigenvalue weighted by Crippen LogP contribution is 2.37. The first-order valence-corrected chi connectivity index (χ1v) is 10.5. The van der Waals surface area contributed by atoms with Crippen molar-refractivity contribution in [2.24, 2.45) is 5.92 Å². The summed E-state index contributed by atoms with van der Waals surface area (Å²) in [5.74, 6) is 0.450. The summed E-state index contributed by atoms with van der Waals surface area (Å²) in [7, 11) is 0. The number of benzene rings is 1. The summed E-state index contributed by atoms with van der Waals surface area (Å²) < 4.78 is 0. The fourth-order valence-corrected chi connectivity index (χ4v) is 5.08. The van der Waals surface area contributed by atoms with E-state index in [1.54, 1.807) is 16.2 Å². The number of nitrogens with one attached hydrogen (secondary N) is 1. The first kappa shape index (κ1) is 18.0. The van der Waals surface area contributed by atoms with Crippen molar-refractivity contribution < 1.29 is 9.59 Å². The molecule has 4 nitrogen and oxygen atoms in total. The minimum absolute atomic E-state index is 0.00291. The number of nitrogens with zero attached hydrogens (tertiary/aromatic N) is 1. The van der Waals surface area contributed by atoms with Gasteiger partial charge in [0.25, 0.3) is 5.91 Å². The fraction of sp³-hybridized carbons (Fsp3) is 0.364. The van der Waals surface area contributed by atoms with Gasteiger partial charge in [-0.2, -0.15) is 0 Å². The van der Waals surface area contributed by atoms with Crippen molar-refractivity contribution in [2.75, 3.05) is 6.54 Å². The summed E-state index contributed by atoms with van der Waals surface area (Å²) in [4.78, 5) is 28.1. The predicted octanol–water partition coefficient (Wildman–Crippen LogP) is 4.61. The molecule has 1 aromatic heterocycles. The molecule has 1 aliphatic carbocycles. The highest BCUT2D eigenvalue weighted by Gasteiger charge is 2.32. The van der Waals surface area contributed by atoms with E-state index in [1.807, 2.05) is 30.3 Å². The molecular formula is C22H24N2O2S. The molecule has 140 valence electrons. The van der Waals surface area contributed by atoms with Crippen LogP contribution in [0.1, 0.15) is 58.9 Å². The van der Waals surface area contributed by atoms with Crippen molar-refractivity contribution >= 4 is 28.8 Å². The zero-order valence-electron chi connectivity index (χ0n) is 15.3. The van der Waals surface area contributed by atoms with Crippen LogP contribution >= 0.6 is 11.3 Å². The highest BCUT2D eigenvalue weighted by molar-refractivity contribution is 7.10. The molecule has 0 radical (unpaired) electrons. The zero-order chi connectivity index (χ0) is 18.8. The Morgan fingerprint density at radius 2 is 1.93 bits per heavy atom. The number of hydrogen-bond donors (Lipinski definition) is 1. The molecule has 2 amide bonds. The predicted molar refractivity (Wildman–Crippen MR) is 108 cm³/mol. The highest BCUT2D eigenvalue weighted by atomic mass is 32.1. The lowest BCUT2D eigenvalue weighted by Crippen LogP contribution is -2.35. The Morgan fingerprint density at radius 1 is 1.19 bits per heavy atom. The zero-order valence-corrected chi connectivity index (χ0v) is 16.1. The number of thiophene rings is 1. The van der Waals surface area contributed by atoms with Gasteiger partial charge in [-0.1, -0.05) is 43.7 Å². The Bertz CT molecular complexity index is 818. The van der Waals surface area contributed by atoms with Crippen molar-refractivity contribution in [1.82, 2.24) is 10.2 Å². The molecule has 1 aliphatic heterocycles. The summed E-state index contributed by atoms with van der Waals surface area (Å²) in [6.07, 6.45) is 5.10. The molecule has 2 aromatic rings. The smallest absolute Gasteiger partial charge is 0.258 e. The lowest BCUT2D eigenvalue weighted by atomic mass is 9.96. The Kier molecular flexibility index (Phi) is 5.12. The third kappa shape index (κ3) is 3.56. The maximum Gasteiger partial charge on any atom is 0.258 e. The second-order valence-electron chi connectivity index (χ2n) is 7.30. The first-order chi connectivity index (χ1) is 13.1. The van der Waals surface area contributed by atoms with Crippen molar-refractivity contribution in [2.45, 2.75) is 38.1 Å². The third-order valence-corrected chi connectivity index (χ3v) is 6.59. The molecule has 0 saturated heterocycles. The third-order valence-electron chi connectivity index (χ3n) is 5.64. The van der Waals surface area contributed by atoms with Gasteiger partial charge in [-0.05, 0) is 36.3 Å². The number of hydrogen-bond acceptors (Lipinski definition) is 3. The second kappa shape index (κ2) is 7.69. The van der Waals surface area contributed by atoms with E-state index in [4.69, 9.17) is 0 Å². The molecule has 1 aromatic carbocycles. The van der Waals surface area contributed by atoms with Crippen LogP contribution in [0.25, 0.3) is 5.70 Å². The van der Waals surface area contributed by atoms with E-state index in [2.05, 4.69) is 23.3 Å². The standard InChI is InChI=1S/C22H24N2O2S/c1-15-17-9-4-5-10-18(17)22(26)24(15)13-12-20(25)23-21(16-7-2-3-8-16)19-11-6-14-27-19/h4-6,9-11,14,16,21H,1-3,7-8,12-13H2,(H,23,25). The van der Waals surface area contributed by atoms with Gasteiger partial charge in [0.1, 0.15) is 0 Å². The number of fused-ring (bicyclic) bond motifs is 1. The van der Waals surface area contributed by atoms with Gasteiger partial charge in [0.15, 0.2) is 0 Å². The van der Waals surface area contributed by atoms with Crippen LogP contribution in [0.3, 0.4) is 0 Å². The molecule has 5 heteroatoms. The monoisotopic (exact) mass is 380 g/mol. The average Bonchev–Trinajstić information content (AvgIpc) is 3.42. The molecule has 0 spiro atoms. The van der Waals surface area contributed by atoms with Gasteiger partial charge in [0, 0.05) is 34.7 Å². The molecule has 1 N–H and O–H groups in total. The number of carbonyl (C=O) groups is 2. The summed E-state index contributed by atoms with van der Waals surface area (Å²) in [5.41, 5.74) is 2.23. The lowest BCUT2D eigenvalue weighted by Gasteiger charge is -2.24. The molecule has 2 aliphatic rings. The van der Waals surface area contributed by atoms with Crippen LogP contribution in [-0.4, -0.2) is 23.3 Å². The fourth-order valence-electron chi connectivity index (χ4n) is 4.21. The van der Waals surface area contributed by atoms with Crippen LogP contribution in [0.2, 0.25) is 0 Å². The van der Waals surface area contributed by atoms with Gasteiger partial charge in [-0.25, -0.2) is 0 Å². The molecule has 1 saturated carbocycles. The average molecular weight is 381 g/mol. The molecule has 1 atom stereocenters. The second-order valence-corrected chi connectivity index (χ2v) is 8.28. The van der Waals surface area contributed by atoms with Crippen LogP contribution in [0.5, 0.6) is 0 Å². The van der Waals surface area contributed by atoms with Gasteiger partial charge in [-0.3, -0.25) is 9.59 Å². The van der Waals surface area contributed by atoms with E-state index in [0.29, 0.717) is 23.7 Å². The van der Waals surface area contributed by atoms with Gasteiger partial charge in [-0.15, -0.1) is 11.3 Å². The molecule has 27 heavy (non-hydrogen) atoms. The van der Waals surface area contributed by atoms with Crippen LogP contribution in [0.15, 0.2) is 48.4 Å². The van der Waals surface area contributed by atoms with Crippen molar-refractivity contribution in [3.8, 4) is 0 Å². The van der Waals surface area contributed by atoms with Crippen LogP contribution in [0, 0.1) is 5.92 Å². The topological polar surface area (TPSA) is 49.4 Å². The Hall–Kier alpha value is -2.40. The normalized spacial score (nSPS) is 18.0. The van der Waals surface area contributed by atoms with E-state index >= 15 is 0 Å². The van der Waals surface area contributed by atoms with E-state index in [-0.39, 0.29) is 24.3 Å². The number of amides is 2. The molecule has 0 bridgehead atoms. The van der Waals surface area contributed by atoms with Crippen LogP contribution in [-0.2, 0) is 4.79 Å². The van der Waals surface area contributed by atoms with Gasteiger partial charge >= 0.3 is 0 Å². The minimum atomic E-state index is -0.0611. The minimum Gasteiger partial charge on any atom is -0.348 e. The molecule has 2 heterocycles. The number of carbonyl (C=O) groups excluding carboxylic acids is 2. The van der Waals surface area contributed by atoms with Crippen molar-refractivity contribution in [3.63, 3.8) is 0 Å². The van der Waals surface area contributed by atoms with Crippen molar-refractivity contribution in [1.29, 1.82) is 0 Å². The maximum absolute atomic E-state index is 12.7. The molecule has 1 fully saturated rings. The van der Waals surface area contributed by atoms with Crippen LogP contribution in [0.4, 0.5) is 0 Å². The maximum atomic E-state index is 12.7. The molecule has 1 unspecified atom stereocenters. The lowest BCUT2D eigenvalue weighted by molar-refractivity contribution is -0.122. The van der Waals surface area contributed by atoms with Gasteiger partial charge in [0.2, 0.25) is 5.91 Å². The Balaban J connectivity index is 1.39. The number of rotatable bonds is 6. The molecule has 4 rings (SSSR count). The largest absolute Gasteiger partial charge is 0.348 e. The SMILES string of the molecule is C=C1c2ccccc2C(=O)N1CCC(=O)NC(c1cccs1)C1CCCC1. The van der Waals surface area contributed by atoms with Gasteiger partial charge in [0.05, 0.1) is 6.04 Å². The van der Waals surface area contributed by atoms with Crippen molar-refractivity contribution in [3.05, 3.63) is 64.4 Å². The van der Waals surface area contributed by atoms with E-state index in [1.165, 1.54) is 30.6 Å². The molecular weight excluding hydrogens is 356 g/mol. The summed E-state index contributed by atoms with van der Waals surface area (Å²) in [5, 5.41) is 5.30. The Labute approximate surface area is 163 Å². The summed E-state index contributed by atoms with van der Waals surface area (Å²) in [6.45, 7) is 4.41. The first-order valence-electron chi connectivity index (χ1n) is 9.58. The van der Waals surface area contributed by atoms with Gasteiger partial charge < -0.3 is 10.2 Å². The van der Waals surface area contributed by atoms with Crippen LogP contribution < -0.4 is 5.32 Å². The Morgan fingerprint density at radius 3 is 2.59 bits per heavy atom. The summed E-state index contributed by atoms with van der Waals surface area (Å²) >= 11 is 1.70. The van der Waals surface area contributed by atoms with E-state index < -0.39 is 0 Å². The van der Waals surface area contributed by atoms with E-state index in [0.717, 1.165) is 5.56 Å².